The van der Waals surface area contributed by atoms with E-state index in [1.807, 2.05) is 44.2 Å². The Morgan fingerprint density at radius 3 is 2.07 bits per heavy atom. The summed E-state index contributed by atoms with van der Waals surface area (Å²) in [6.45, 7) is 3.93. The first-order valence-corrected chi connectivity index (χ1v) is 8.54. The van der Waals surface area contributed by atoms with Crippen molar-refractivity contribution in [2.24, 2.45) is 0 Å². The topological polar surface area (TPSA) is 54.9 Å². The van der Waals surface area contributed by atoms with E-state index in [0.29, 0.717) is 5.95 Å². The molecule has 1 heterocycles. The minimum absolute atomic E-state index is 0.0660. The fraction of sp³-hybridized carbons (Fsp3) is 0.190. The minimum Gasteiger partial charge on any atom is -0.345 e. The van der Waals surface area contributed by atoms with E-state index in [9.17, 15) is 18.0 Å². The molecule has 144 valence electrons. The average Bonchev–Trinajstić information content (AvgIpc) is 2.68. The number of rotatable bonds is 5. The van der Waals surface area contributed by atoms with Crippen LogP contribution >= 0.6 is 0 Å². The quantitative estimate of drug-likeness (QED) is 0.623. The maximum Gasteiger partial charge on any atom is 0.416 e. The van der Waals surface area contributed by atoms with Crippen molar-refractivity contribution < 1.29 is 18.0 Å². The van der Waals surface area contributed by atoms with Crippen molar-refractivity contribution in [1.82, 2.24) is 9.97 Å². The lowest BCUT2D eigenvalue weighted by atomic mass is 9.95. The van der Waals surface area contributed by atoms with Crippen LogP contribution in [0.5, 0.6) is 0 Å². The largest absolute Gasteiger partial charge is 0.416 e. The number of carbonyl (C=O) groups excluding carboxylic acids is 1. The molecule has 0 unspecified atom stereocenters. The zero-order valence-corrected chi connectivity index (χ0v) is 15.3. The Bertz CT molecular complexity index is 968. The van der Waals surface area contributed by atoms with Crippen molar-refractivity contribution in [3.8, 4) is 0 Å². The minimum atomic E-state index is -4.51. The SMILES string of the molecule is CC(C)(Nc1ncc(C(=O)c2cccc(C(F)(F)F)c2)cn1)c1ccccc1. The molecule has 0 spiro atoms. The second kappa shape index (κ2) is 7.42. The molecule has 3 aromatic rings. The number of aromatic nitrogens is 2. The smallest absolute Gasteiger partial charge is 0.345 e. The predicted octanol–water partition coefficient (Wildman–Crippen LogP) is 5.07. The van der Waals surface area contributed by atoms with E-state index in [-0.39, 0.29) is 11.1 Å². The van der Waals surface area contributed by atoms with E-state index in [4.69, 9.17) is 0 Å². The lowest BCUT2D eigenvalue weighted by Gasteiger charge is -2.26. The van der Waals surface area contributed by atoms with Gasteiger partial charge in [-0.2, -0.15) is 13.2 Å². The highest BCUT2D eigenvalue weighted by molar-refractivity contribution is 6.08. The summed E-state index contributed by atoms with van der Waals surface area (Å²) in [5.74, 6) is -0.255. The number of nitrogens with one attached hydrogen (secondary N) is 1. The molecule has 3 rings (SSSR count). The van der Waals surface area contributed by atoms with E-state index in [0.717, 1.165) is 17.7 Å². The van der Waals surface area contributed by atoms with Crippen LogP contribution in [0, 0.1) is 0 Å². The highest BCUT2D eigenvalue weighted by Crippen LogP contribution is 2.30. The molecule has 0 bridgehead atoms. The van der Waals surface area contributed by atoms with Crippen molar-refractivity contribution in [2.45, 2.75) is 25.6 Å². The van der Waals surface area contributed by atoms with Gasteiger partial charge in [0.2, 0.25) is 5.95 Å². The van der Waals surface area contributed by atoms with Gasteiger partial charge >= 0.3 is 6.18 Å². The van der Waals surface area contributed by atoms with Gasteiger partial charge in [0.05, 0.1) is 16.7 Å². The van der Waals surface area contributed by atoms with Gasteiger partial charge in [-0.15, -0.1) is 0 Å². The molecule has 1 aromatic heterocycles. The molecular formula is C21H18F3N3O. The summed E-state index contributed by atoms with van der Waals surface area (Å²) in [4.78, 5) is 20.8. The molecule has 1 N–H and O–H groups in total. The molecule has 28 heavy (non-hydrogen) atoms. The Hall–Kier alpha value is -3.22. The van der Waals surface area contributed by atoms with E-state index in [2.05, 4.69) is 15.3 Å². The van der Waals surface area contributed by atoms with Crippen LogP contribution in [0.3, 0.4) is 0 Å². The van der Waals surface area contributed by atoms with Crippen LogP contribution in [-0.4, -0.2) is 15.8 Å². The second-order valence-corrected chi connectivity index (χ2v) is 6.82. The number of nitrogens with zero attached hydrogens (tertiary/aromatic N) is 2. The standard InChI is InChI=1S/C21H18F3N3O/c1-20(2,16-8-4-3-5-9-16)27-19-25-12-15(13-26-19)18(28)14-7-6-10-17(11-14)21(22,23)24/h3-13H,1-2H3,(H,25,26,27). The molecule has 2 aromatic carbocycles. The summed E-state index contributed by atoms with van der Waals surface area (Å²) in [7, 11) is 0. The van der Waals surface area contributed by atoms with Crippen LogP contribution in [0.2, 0.25) is 0 Å². The zero-order chi connectivity index (χ0) is 20.4. The first kappa shape index (κ1) is 19.5. The van der Waals surface area contributed by atoms with Crippen LogP contribution < -0.4 is 5.32 Å². The van der Waals surface area contributed by atoms with E-state index >= 15 is 0 Å². The fourth-order valence-corrected chi connectivity index (χ4v) is 2.72. The van der Waals surface area contributed by atoms with Gasteiger partial charge in [0, 0.05) is 18.0 Å². The molecule has 0 saturated carbocycles. The number of anilines is 1. The molecule has 0 aliphatic heterocycles. The van der Waals surface area contributed by atoms with Crippen LogP contribution in [-0.2, 0) is 11.7 Å². The third-order valence-electron chi connectivity index (χ3n) is 4.29. The monoisotopic (exact) mass is 385 g/mol. The van der Waals surface area contributed by atoms with Gasteiger partial charge in [-0.3, -0.25) is 4.79 Å². The van der Waals surface area contributed by atoms with Crippen LogP contribution in [0.1, 0.15) is 40.9 Å². The summed E-state index contributed by atoms with van der Waals surface area (Å²) in [6, 6.07) is 14.0. The Labute approximate surface area is 160 Å². The number of alkyl halides is 3. The number of halogens is 3. The third-order valence-corrected chi connectivity index (χ3v) is 4.29. The second-order valence-electron chi connectivity index (χ2n) is 6.82. The van der Waals surface area contributed by atoms with Crippen molar-refractivity contribution in [2.75, 3.05) is 5.32 Å². The maximum absolute atomic E-state index is 12.8. The summed E-state index contributed by atoms with van der Waals surface area (Å²) >= 11 is 0. The van der Waals surface area contributed by atoms with Gasteiger partial charge < -0.3 is 5.32 Å². The van der Waals surface area contributed by atoms with Gasteiger partial charge in [0.15, 0.2) is 5.78 Å². The van der Waals surface area contributed by atoms with E-state index in [1.54, 1.807) is 0 Å². The number of benzene rings is 2. The summed E-state index contributed by atoms with van der Waals surface area (Å²) in [5, 5.41) is 3.19. The lowest BCUT2D eigenvalue weighted by Crippen LogP contribution is -2.29. The van der Waals surface area contributed by atoms with Gasteiger partial charge in [0.25, 0.3) is 0 Å². The molecule has 0 aliphatic carbocycles. The van der Waals surface area contributed by atoms with Crippen LogP contribution in [0.4, 0.5) is 19.1 Å². The van der Waals surface area contributed by atoms with Gasteiger partial charge in [-0.05, 0) is 31.5 Å². The van der Waals surface area contributed by atoms with E-state index in [1.165, 1.54) is 24.5 Å². The van der Waals surface area contributed by atoms with Crippen LogP contribution in [0.15, 0.2) is 67.0 Å². The molecule has 0 amide bonds. The molecule has 0 saturated heterocycles. The highest BCUT2D eigenvalue weighted by atomic mass is 19.4. The van der Waals surface area contributed by atoms with Gasteiger partial charge in [0.1, 0.15) is 0 Å². The van der Waals surface area contributed by atoms with Gasteiger partial charge in [-0.1, -0.05) is 42.5 Å². The van der Waals surface area contributed by atoms with Crippen molar-refractivity contribution in [3.05, 3.63) is 89.2 Å². The first-order valence-electron chi connectivity index (χ1n) is 8.54. The summed E-state index contributed by atoms with van der Waals surface area (Å²) in [6.07, 6.45) is -1.90. The van der Waals surface area contributed by atoms with Crippen molar-refractivity contribution >= 4 is 11.7 Å². The third kappa shape index (κ3) is 4.36. The molecule has 0 aliphatic rings. The Morgan fingerprint density at radius 2 is 1.46 bits per heavy atom. The molecular weight excluding hydrogens is 367 g/mol. The van der Waals surface area contributed by atoms with Crippen molar-refractivity contribution in [3.63, 3.8) is 0 Å². The molecule has 7 heteroatoms. The Balaban J connectivity index is 1.78. The zero-order valence-electron chi connectivity index (χ0n) is 15.3. The molecule has 0 radical (unpaired) electrons. The maximum atomic E-state index is 12.8. The number of hydrogen-bond acceptors (Lipinski definition) is 4. The summed E-state index contributed by atoms with van der Waals surface area (Å²) < 4.78 is 38.5. The Kier molecular flexibility index (Phi) is 5.18. The lowest BCUT2D eigenvalue weighted by molar-refractivity contribution is -0.137. The van der Waals surface area contributed by atoms with Crippen LogP contribution in [0.25, 0.3) is 0 Å². The average molecular weight is 385 g/mol. The van der Waals surface area contributed by atoms with E-state index < -0.39 is 23.1 Å². The number of hydrogen-bond donors (Lipinski definition) is 1. The van der Waals surface area contributed by atoms with Crippen molar-refractivity contribution in [1.29, 1.82) is 0 Å². The Morgan fingerprint density at radius 1 is 0.857 bits per heavy atom. The highest BCUT2D eigenvalue weighted by Gasteiger charge is 2.31. The first-order chi connectivity index (χ1) is 13.2. The molecule has 4 nitrogen and oxygen atoms in total. The summed E-state index contributed by atoms with van der Waals surface area (Å²) in [5.41, 5.74) is -0.246. The number of ketones is 1. The molecule has 0 atom stereocenters. The number of carbonyl (C=O) groups is 1. The molecule has 0 fully saturated rings. The van der Waals surface area contributed by atoms with Gasteiger partial charge in [-0.25, -0.2) is 9.97 Å². The fourth-order valence-electron chi connectivity index (χ4n) is 2.72. The predicted molar refractivity (Wildman–Crippen MR) is 100.0 cm³/mol. The normalized spacial score (nSPS) is 11.9.